The van der Waals surface area contributed by atoms with Crippen molar-refractivity contribution in [1.29, 1.82) is 0 Å². The second-order valence-electron chi connectivity index (χ2n) is 8.19. The van der Waals surface area contributed by atoms with E-state index in [1.807, 2.05) is 19.9 Å². The Morgan fingerprint density at radius 2 is 1.84 bits per heavy atom. The standard InChI is InChI=1S/C28H32F2N4O.C2H6/c1-5-7-9-19(3)10-11-20(8-6-2)16-32-28-23-14-22(15-25(35-4)26(23)33-18-34-28)24-13-12-21(17-31-24)27(29)30;1-2/h8-15,17-18,27H,5-7,16H2,1-4H3,(H,32,33,34);1-2H3/b11-10-,19-9+,20-8-;. The van der Waals surface area contributed by atoms with E-state index >= 15 is 0 Å². The number of benzene rings is 1. The molecule has 0 bridgehead atoms. The normalized spacial score (nSPS) is 12.1. The van der Waals surface area contributed by atoms with Gasteiger partial charge in [0.05, 0.1) is 12.8 Å². The Labute approximate surface area is 219 Å². The van der Waals surface area contributed by atoms with E-state index in [4.69, 9.17) is 4.74 Å². The molecule has 0 atom stereocenters. The Kier molecular flexibility index (Phi) is 12.4. The Morgan fingerprint density at radius 3 is 2.46 bits per heavy atom. The molecule has 5 nitrogen and oxygen atoms in total. The monoisotopic (exact) mass is 508 g/mol. The Balaban J connectivity index is 0.00000235. The van der Waals surface area contributed by atoms with Crippen molar-refractivity contribution in [3.8, 4) is 17.0 Å². The Morgan fingerprint density at radius 1 is 1.05 bits per heavy atom. The average Bonchev–Trinajstić information content (AvgIpc) is 2.93. The van der Waals surface area contributed by atoms with E-state index < -0.39 is 6.43 Å². The lowest BCUT2D eigenvalue weighted by Crippen LogP contribution is -2.06. The molecule has 2 heterocycles. The van der Waals surface area contributed by atoms with Crippen LogP contribution in [0.1, 0.15) is 65.9 Å². The van der Waals surface area contributed by atoms with Crippen molar-refractivity contribution in [3.63, 3.8) is 0 Å². The van der Waals surface area contributed by atoms with Crippen molar-refractivity contribution in [2.45, 2.75) is 60.3 Å². The number of aromatic nitrogens is 3. The van der Waals surface area contributed by atoms with Crippen LogP contribution >= 0.6 is 0 Å². The number of fused-ring (bicyclic) bond motifs is 1. The molecule has 0 spiro atoms. The topological polar surface area (TPSA) is 59.9 Å². The first-order valence-corrected chi connectivity index (χ1v) is 12.8. The number of rotatable bonds is 11. The summed E-state index contributed by atoms with van der Waals surface area (Å²) in [4.78, 5) is 13.1. The highest BCUT2D eigenvalue weighted by molar-refractivity contribution is 5.96. The lowest BCUT2D eigenvalue weighted by Gasteiger charge is -2.13. The van der Waals surface area contributed by atoms with Gasteiger partial charge in [0.25, 0.3) is 6.43 Å². The molecule has 37 heavy (non-hydrogen) atoms. The molecule has 0 aliphatic rings. The molecule has 0 amide bonds. The summed E-state index contributed by atoms with van der Waals surface area (Å²) in [6.07, 6.45) is 11.9. The van der Waals surface area contributed by atoms with Crippen molar-refractivity contribution >= 4 is 16.7 Å². The smallest absolute Gasteiger partial charge is 0.265 e. The van der Waals surface area contributed by atoms with Crippen LogP contribution in [0.3, 0.4) is 0 Å². The van der Waals surface area contributed by atoms with Crippen LogP contribution in [0.15, 0.2) is 72.2 Å². The largest absolute Gasteiger partial charge is 0.494 e. The molecule has 0 saturated heterocycles. The number of nitrogens with zero attached hydrogens (tertiary/aromatic N) is 3. The number of anilines is 1. The predicted octanol–water partition coefficient (Wildman–Crippen LogP) is 8.72. The van der Waals surface area contributed by atoms with E-state index in [0.717, 1.165) is 35.8 Å². The number of pyridine rings is 1. The minimum absolute atomic E-state index is 0.115. The van der Waals surface area contributed by atoms with E-state index in [0.29, 0.717) is 29.3 Å². The second kappa shape index (κ2) is 15.5. The third-order valence-electron chi connectivity index (χ3n) is 5.50. The third-order valence-corrected chi connectivity index (χ3v) is 5.50. The van der Waals surface area contributed by atoms with Gasteiger partial charge in [0.1, 0.15) is 23.4 Å². The third kappa shape index (κ3) is 8.48. The molecular weight excluding hydrogens is 470 g/mol. The molecule has 3 rings (SSSR count). The number of unbranched alkanes of at least 4 members (excludes halogenated alkanes) is 1. The zero-order valence-corrected chi connectivity index (χ0v) is 22.7. The number of methoxy groups -OCH3 is 1. The molecule has 0 radical (unpaired) electrons. The Hall–Kier alpha value is -3.61. The summed E-state index contributed by atoms with van der Waals surface area (Å²) in [5, 5.41) is 4.19. The minimum atomic E-state index is -2.56. The van der Waals surface area contributed by atoms with Gasteiger partial charge in [0.2, 0.25) is 0 Å². The lowest BCUT2D eigenvalue weighted by atomic mass is 10.1. The fourth-order valence-corrected chi connectivity index (χ4v) is 3.61. The fraction of sp³-hybridized carbons (Fsp3) is 0.367. The van der Waals surface area contributed by atoms with E-state index in [-0.39, 0.29) is 5.56 Å². The molecule has 3 aromatic rings. The average molecular weight is 509 g/mol. The summed E-state index contributed by atoms with van der Waals surface area (Å²) in [5.74, 6) is 1.22. The van der Waals surface area contributed by atoms with Gasteiger partial charge < -0.3 is 10.1 Å². The van der Waals surface area contributed by atoms with Gasteiger partial charge in [-0.3, -0.25) is 4.98 Å². The maximum absolute atomic E-state index is 12.9. The quantitative estimate of drug-likeness (QED) is 0.262. The van der Waals surface area contributed by atoms with Crippen molar-refractivity contribution in [1.82, 2.24) is 15.0 Å². The van der Waals surface area contributed by atoms with Crippen molar-refractivity contribution in [2.24, 2.45) is 0 Å². The van der Waals surface area contributed by atoms with Gasteiger partial charge in [-0.05, 0) is 49.6 Å². The van der Waals surface area contributed by atoms with E-state index in [1.54, 1.807) is 19.2 Å². The SMILES string of the molecule is CC.CC/C=C(/C=C\C(C)=C\CCC)CNc1ncnc2c(OC)cc(-c3ccc(C(F)F)cn3)cc12. The maximum Gasteiger partial charge on any atom is 0.265 e. The van der Waals surface area contributed by atoms with Crippen molar-refractivity contribution < 1.29 is 13.5 Å². The molecule has 1 aromatic carbocycles. The molecule has 0 unspecified atom stereocenters. The van der Waals surface area contributed by atoms with Gasteiger partial charge in [0, 0.05) is 29.3 Å². The molecule has 0 saturated carbocycles. The number of hydrogen-bond donors (Lipinski definition) is 1. The molecular formula is C30H38F2N4O. The van der Waals surface area contributed by atoms with Crippen LogP contribution in [0.2, 0.25) is 0 Å². The van der Waals surface area contributed by atoms with Crippen LogP contribution in [0.4, 0.5) is 14.6 Å². The maximum atomic E-state index is 12.9. The van der Waals surface area contributed by atoms with E-state index in [9.17, 15) is 8.78 Å². The van der Waals surface area contributed by atoms with Gasteiger partial charge in [-0.25, -0.2) is 18.7 Å². The summed E-state index contributed by atoms with van der Waals surface area (Å²) in [6.45, 7) is 11.0. The van der Waals surface area contributed by atoms with Crippen LogP contribution in [0.25, 0.3) is 22.2 Å². The Bertz CT molecular complexity index is 1220. The number of hydrogen-bond acceptors (Lipinski definition) is 5. The summed E-state index contributed by atoms with van der Waals surface area (Å²) >= 11 is 0. The highest BCUT2D eigenvalue weighted by Gasteiger charge is 2.14. The second-order valence-corrected chi connectivity index (χ2v) is 8.19. The molecule has 0 aliphatic carbocycles. The molecule has 198 valence electrons. The first-order valence-electron chi connectivity index (χ1n) is 12.8. The van der Waals surface area contributed by atoms with Crippen molar-refractivity contribution in [3.05, 3.63) is 77.8 Å². The number of ether oxygens (including phenoxy) is 1. The van der Waals surface area contributed by atoms with Crippen LogP contribution in [0, 0.1) is 0 Å². The van der Waals surface area contributed by atoms with E-state index in [2.05, 4.69) is 65.3 Å². The summed E-state index contributed by atoms with van der Waals surface area (Å²) in [6, 6.07) is 6.68. The number of nitrogens with one attached hydrogen (secondary N) is 1. The van der Waals surface area contributed by atoms with Gasteiger partial charge in [-0.15, -0.1) is 0 Å². The number of allylic oxidation sites excluding steroid dienone is 4. The van der Waals surface area contributed by atoms with Crippen LogP contribution in [-0.4, -0.2) is 28.6 Å². The van der Waals surface area contributed by atoms with Gasteiger partial charge in [-0.2, -0.15) is 0 Å². The molecule has 0 aliphatic heterocycles. The zero-order chi connectivity index (χ0) is 27.2. The summed E-state index contributed by atoms with van der Waals surface area (Å²) in [7, 11) is 1.57. The lowest BCUT2D eigenvalue weighted by molar-refractivity contribution is 0.151. The van der Waals surface area contributed by atoms with Gasteiger partial charge >= 0.3 is 0 Å². The fourth-order valence-electron chi connectivity index (χ4n) is 3.61. The van der Waals surface area contributed by atoms with E-state index in [1.165, 1.54) is 24.2 Å². The summed E-state index contributed by atoms with van der Waals surface area (Å²) in [5.41, 5.74) is 4.22. The van der Waals surface area contributed by atoms with Gasteiger partial charge in [0.15, 0.2) is 0 Å². The van der Waals surface area contributed by atoms with Crippen LogP contribution in [0.5, 0.6) is 5.75 Å². The van der Waals surface area contributed by atoms with Crippen LogP contribution in [-0.2, 0) is 0 Å². The molecule has 7 heteroatoms. The predicted molar refractivity (Wildman–Crippen MR) is 150 cm³/mol. The van der Waals surface area contributed by atoms with Crippen LogP contribution < -0.4 is 10.1 Å². The zero-order valence-electron chi connectivity index (χ0n) is 22.7. The highest BCUT2D eigenvalue weighted by Crippen LogP contribution is 2.34. The van der Waals surface area contributed by atoms with Gasteiger partial charge in [-0.1, -0.05) is 64.0 Å². The minimum Gasteiger partial charge on any atom is -0.494 e. The first kappa shape index (κ1) is 29.6. The first-order chi connectivity index (χ1) is 18.0. The number of halogens is 2. The molecule has 2 aromatic heterocycles. The highest BCUT2D eigenvalue weighted by atomic mass is 19.3. The number of alkyl halides is 2. The molecule has 1 N–H and O–H groups in total. The van der Waals surface area contributed by atoms with Crippen molar-refractivity contribution in [2.75, 3.05) is 19.0 Å². The summed E-state index contributed by atoms with van der Waals surface area (Å²) < 4.78 is 31.5. The molecule has 0 fully saturated rings.